The standard InChI is InChI=1S/C23H35FN7O5P/c1-35-20-11-10-17(13-19(20)24)27-23-29-21(28-22(30-23)26-16-7-4-2-3-5-8-16)25-14-18-9-6-12-31(18)15-36-37(32,33)34/h10-11,13,16,18H,2-9,12,14-15H2,1H3,(H2,32,33,34)(H3,25,26,27,28,29,30). The zero-order valence-corrected chi connectivity index (χ0v) is 21.8. The molecule has 1 atom stereocenters. The van der Waals surface area contributed by atoms with Crippen LogP contribution in [0.3, 0.4) is 0 Å². The van der Waals surface area contributed by atoms with E-state index in [2.05, 4.69) is 35.4 Å². The number of phosphoric ester groups is 1. The Morgan fingerprint density at radius 3 is 2.49 bits per heavy atom. The van der Waals surface area contributed by atoms with Gasteiger partial charge in [0.1, 0.15) is 6.73 Å². The number of phosphoric acid groups is 1. The molecule has 1 unspecified atom stereocenters. The minimum absolute atomic E-state index is 0.00586. The Balaban J connectivity index is 1.48. The van der Waals surface area contributed by atoms with Gasteiger partial charge in [0.15, 0.2) is 11.6 Å². The van der Waals surface area contributed by atoms with Crippen molar-refractivity contribution in [3.05, 3.63) is 24.0 Å². The molecule has 0 spiro atoms. The molecule has 2 fully saturated rings. The summed E-state index contributed by atoms with van der Waals surface area (Å²) in [5, 5.41) is 9.71. The maximum Gasteiger partial charge on any atom is 0.470 e. The van der Waals surface area contributed by atoms with E-state index in [1.165, 1.54) is 32.1 Å². The second-order valence-electron chi connectivity index (χ2n) is 9.35. The molecule has 2 aromatic rings. The van der Waals surface area contributed by atoms with Crippen LogP contribution in [0.4, 0.5) is 27.9 Å². The van der Waals surface area contributed by atoms with E-state index in [0.717, 1.165) is 38.5 Å². The first-order valence-electron chi connectivity index (χ1n) is 12.6. The minimum atomic E-state index is -4.54. The number of benzene rings is 1. The SMILES string of the molecule is COc1ccc(Nc2nc(NCC3CCCN3COP(=O)(O)O)nc(NC3CCCCCC3)n2)cc1F. The third-order valence-electron chi connectivity index (χ3n) is 6.62. The molecule has 5 N–H and O–H groups in total. The zero-order valence-electron chi connectivity index (χ0n) is 20.9. The molecule has 14 heteroatoms. The summed E-state index contributed by atoms with van der Waals surface area (Å²) in [6.07, 6.45) is 8.55. The first-order valence-corrected chi connectivity index (χ1v) is 14.1. The van der Waals surface area contributed by atoms with Crippen LogP contribution in [0.2, 0.25) is 0 Å². The van der Waals surface area contributed by atoms with Gasteiger partial charge in [-0.3, -0.25) is 9.42 Å². The summed E-state index contributed by atoms with van der Waals surface area (Å²) < 4.78 is 35.0. The molecular weight excluding hydrogens is 504 g/mol. The van der Waals surface area contributed by atoms with Crippen LogP contribution >= 0.6 is 7.82 Å². The van der Waals surface area contributed by atoms with Crippen molar-refractivity contribution in [3.63, 3.8) is 0 Å². The molecule has 2 heterocycles. The minimum Gasteiger partial charge on any atom is -0.494 e. The molecule has 204 valence electrons. The van der Waals surface area contributed by atoms with Crippen LogP contribution in [-0.4, -0.2) is 68.7 Å². The predicted octanol–water partition coefficient (Wildman–Crippen LogP) is 3.84. The molecule has 0 radical (unpaired) electrons. The highest BCUT2D eigenvalue weighted by atomic mass is 31.2. The number of likely N-dealkylation sites (tertiary alicyclic amines) is 1. The molecule has 0 bridgehead atoms. The van der Waals surface area contributed by atoms with E-state index in [0.29, 0.717) is 30.7 Å². The van der Waals surface area contributed by atoms with Gasteiger partial charge in [-0.25, -0.2) is 8.96 Å². The summed E-state index contributed by atoms with van der Waals surface area (Å²) in [5.41, 5.74) is 0.465. The number of anilines is 4. The van der Waals surface area contributed by atoms with E-state index in [4.69, 9.17) is 14.5 Å². The van der Waals surface area contributed by atoms with Crippen molar-refractivity contribution in [1.29, 1.82) is 0 Å². The fourth-order valence-electron chi connectivity index (χ4n) is 4.71. The van der Waals surface area contributed by atoms with Gasteiger partial charge in [-0.2, -0.15) is 15.0 Å². The summed E-state index contributed by atoms with van der Waals surface area (Å²) in [4.78, 5) is 33.5. The molecule has 1 aliphatic heterocycles. The normalized spacial score (nSPS) is 19.4. The van der Waals surface area contributed by atoms with Crippen LogP contribution in [-0.2, 0) is 9.09 Å². The van der Waals surface area contributed by atoms with Crippen LogP contribution in [0.25, 0.3) is 0 Å². The monoisotopic (exact) mass is 539 g/mol. The number of methoxy groups -OCH3 is 1. The van der Waals surface area contributed by atoms with Gasteiger partial charge in [-0.1, -0.05) is 25.7 Å². The van der Waals surface area contributed by atoms with Gasteiger partial charge >= 0.3 is 7.82 Å². The van der Waals surface area contributed by atoms with Crippen molar-refractivity contribution in [3.8, 4) is 5.75 Å². The van der Waals surface area contributed by atoms with Gasteiger partial charge in [0, 0.05) is 36.9 Å². The fourth-order valence-corrected chi connectivity index (χ4v) is 5.01. The topological polar surface area (TPSA) is 154 Å². The number of hydrogen-bond acceptors (Lipinski definition) is 10. The number of ether oxygens (including phenoxy) is 1. The molecule has 0 amide bonds. The van der Waals surface area contributed by atoms with Crippen molar-refractivity contribution >= 4 is 31.4 Å². The highest BCUT2D eigenvalue weighted by molar-refractivity contribution is 7.46. The number of rotatable bonds is 11. The van der Waals surface area contributed by atoms with E-state index in [9.17, 15) is 8.96 Å². The van der Waals surface area contributed by atoms with E-state index >= 15 is 0 Å². The summed E-state index contributed by atoms with van der Waals surface area (Å²) in [6.45, 7) is 0.972. The Hall–Kier alpha value is -2.57. The van der Waals surface area contributed by atoms with Gasteiger partial charge in [0.25, 0.3) is 0 Å². The lowest BCUT2D eigenvalue weighted by Crippen LogP contribution is -2.36. The summed E-state index contributed by atoms with van der Waals surface area (Å²) in [7, 11) is -3.14. The quantitative estimate of drug-likeness (QED) is 0.208. The van der Waals surface area contributed by atoms with Gasteiger partial charge < -0.3 is 30.5 Å². The maximum atomic E-state index is 14.2. The lowest BCUT2D eigenvalue weighted by Gasteiger charge is -2.24. The lowest BCUT2D eigenvalue weighted by atomic mass is 10.1. The molecule has 12 nitrogen and oxygen atoms in total. The molecule has 1 aromatic carbocycles. The predicted molar refractivity (Wildman–Crippen MR) is 137 cm³/mol. The molecule has 4 rings (SSSR count). The molecule has 1 saturated carbocycles. The third kappa shape index (κ3) is 8.47. The van der Waals surface area contributed by atoms with Gasteiger partial charge in [0.05, 0.1) is 7.11 Å². The van der Waals surface area contributed by atoms with E-state index in [1.54, 1.807) is 6.07 Å². The van der Waals surface area contributed by atoms with Crippen molar-refractivity contribution < 1.29 is 28.0 Å². The van der Waals surface area contributed by atoms with Gasteiger partial charge in [-0.15, -0.1) is 0 Å². The van der Waals surface area contributed by atoms with Gasteiger partial charge in [0.2, 0.25) is 17.8 Å². The molecule has 1 saturated heterocycles. The number of hydrogen-bond donors (Lipinski definition) is 5. The highest BCUT2D eigenvalue weighted by Crippen LogP contribution is 2.36. The number of nitrogens with one attached hydrogen (secondary N) is 3. The van der Waals surface area contributed by atoms with Crippen molar-refractivity contribution in [2.24, 2.45) is 0 Å². The Morgan fingerprint density at radius 1 is 1.05 bits per heavy atom. The van der Waals surface area contributed by atoms with Gasteiger partial charge in [-0.05, 0) is 37.8 Å². The van der Waals surface area contributed by atoms with Crippen molar-refractivity contribution in [1.82, 2.24) is 19.9 Å². The Kier molecular flexibility index (Phi) is 9.49. The number of aromatic nitrogens is 3. The fraction of sp³-hybridized carbons (Fsp3) is 0.609. The molecule has 37 heavy (non-hydrogen) atoms. The van der Waals surface area contributed by atoms with E-state index in [-0.39, 0.29) is 30.5 Å². The molecule has 1 aromatic heterocycles. The van der Waals surface area contributed by atoms with E-state index in [1.807, 2.05) is 4.90 Å². The Bertz CT molecular complexity index is 1080. The second-order valence-corrected chi connectivity index (χ2v) is 10.6. The van der Waals surface area contributed by atoms with Crippen LogP contribution < -0.4 is 20.7 Å². The summed E-state index contributed by atoms with van der Waals surface area (Å²) in [6, 6.07) is 4.77. The third-order valence-corrected chi connectivity index (χ3v) is 7.07. The Labute approximate surface area is 215 Å². The average Bonchev–Trinajstić information content (AvgIpc) is 3.15. The summed E-state index contributed by atoms with van der Waals surface area (Å²) in [5.74, 6) is 0.657. The summed E-state index contributed by atoms with van der Waals surface area (Å²) >= 11 is 0. The second kappa shape index (κ2) is 12.8. The largest absolute Gasteiger partial charge is 0.494 e. The first-order chi connectivity index (χ1) is 17.8. The van der Waals surface area contributed by atoms with Crippen LogP contribution in [0.5, 0.6) is 5.75 Å². The van der Waals surface area contributed by atoms with Crippen LogP contribution in [0.1, 0.15) is 51.4 Å². The molecule has 2 aliphatic rings. The van der Waals surface area contributed by atoms with Crippen LogP contribution in [0, 0.1) is 5.82 Å². The average molecular weight is 540 g/mol. The smallest absolute Gasteiger partial charge is 0.470 e. The first kappa shape index (κ1) is 27.5. The van der Waals surface area contributed by atoms with Crippen molar-refractivity contribution in [2.45, 2.75) is 63.5 Å². The van der Waals surface area contributed by atoms with Crippen LogP contribution in [0.15, 0.2) is 18.2 Å². The Morgan fingerprint density at radius 2 is 1.78 bits per heavy atom. The lowest BCUT2D eigenvalue weighted by molar-refractivity contribution is 0.0859. The van der Waals surface area contributed by atoms with Crippen molar-refractivity contribution in [2.75, 3.05) is 42.9 Å². The number of nitrogens with zero attached hydrogens (tertiary/aromatic N) is 4. The molecule has 1 aliphatic carbocycles. The number of halogens is 1. The molecular formula is C23H35FN7O5P. The highest BCUT2D eigenvalue weighted by Gasteiger charge is 2.27. The maximum absolute atomic E-state index is 14.2. The van der Waals surface area contributed by atoms with E-state index < -0.39 is 13.6 Å². The zero-order chi connectivity index (χ0) is 26.3.